The predicted molar refractivity (Wildman–Crippen MR) is 77.1 cm³/mol. The van der Waals surface area contributed by atoms with Crippen molar-refractivity contribution in [1.82, 2.24) is 9.88 Å². The standard InChI is InChI=1S/C14H15N3S/c1-2-7-16-8-10-17(11-9-16)14-15-12-5-3-4-6-13(12)18-14/h1,3-6H,7-11H2. The number of anilines is 1. The molecule has 0 saturated carbocycles. The zero-order valence-corrected chi connectivity index (χ0v) is 11.0. The van der Waals surface area contributed by atoms with Gasteiger partial charge in [-0.1, -0.05) is 29.4 Å². The Balaban J connectivity index is 1.74. The summed E-state index contributed by atoms with van der Waals surface area (Å²) >= 11 is 1.77. The van der Waals surface area contributed by atoms with E-state index in [0.717, 1.165) is 43.4 Å². The Labute approximate surface area is 111 Å². The highest BCUT2D eigenvalue weighted by molar-refractivity contribution is 7.22. The van der Waals surface area contributed by atoms with E-state index in [0.29, 0.717) is 0 Å². The monoisotopic (exact) mass is 257 g/mol. The van der Waals surface area contributed by atoms with E-state index in [1.807, 2.05) is 6.07 Å². The largest absolute Gasteiger partial charge is 0.345 e. The first-order valence-corrected chi connectivity index (χ1v) is 6.95. The lowest BCUT2D eigenvalue weighted by Crippen LogP contribution is -2.46. The highest BCUT2D eigenvalue weighted by Gasteiger charge is 2.18. The molecule has 2 aromatic rings. The summed E-state index contributed by atoms with van der Waals surface area (Å²) in [6, 6.07) is 8.31. The lowest BCUT2D eigenvalue weighted by molar-refractivity contribution is 0.288. The van der Waals surface area contributed by atoms with Crippen LogP contribution in [0, 0.1) is 12.3 Å². The van der Waals surface area contributed by atoms with Gasteiger partial charge in [0, 0.05) is 26.2 Å². The minimum absolute atomic E-state index is 0.758. The van der Waals surface area contributed by atoms with Crippen LogP contribution in [0.3, 0.4) is 0 Å². The van der Waals surface area contributed by atoms with Crippen LogP contribution >= 0.6 is 11.3 Å². The Hall–Kier alpha value is -1.57. The number of hydrogen-bond donors (Lipinski definition) is 0. The molecule has 1 saturated heterocycles. The van der Waals surface area contributed by atoms with E-state index in [4.69, 9.17) is 11.4 Å². The molecule has 0 N–H and O–H groups in total. The number of terminal acetylenes is 1. The molecule has 0 radical (unpaired) electrons. The van der Waals surface area contributed by atoms with Gasteiger partial charge in [-0.2, -0.15) is 0 Å². The second kappa shape index (κ2) is 4.97. The SMILES string of the molecule is C#CCN1CCN(c2nc3ccccc3s2)CC1. The number of hydrogen-bond acceptors (Lipinski definition) is 4. The van der Waals surface area contributed by atoms with E-state index in [1.54, 1.807) is 11.3 Å². The molecule has 2 heterocycles. The van der Waals surface area contributed by atoms with E-state index in [-0.39, 0.29) is 0 Å². The quantitative estimate of drug-likeness (QED) is 0.768. The van der Waals surface area contributed by atoms with Crippen molar-refractivity contribution in [3.63, 3.8) is 0 Å². The summed E-state index contributed by atoms with van der Waals surface area (Å²) in [6.07, 6.45) is 5.34. The first-order valence-electron chi connectivity index (χ1n) is 6.13. The average molecular weight is 257 g/mol. The Bertz CT molecular complexity index is 543. The normalized spacial score (nSPS) is 16.9. The molecule has 0 bridgehead atoms. The molecule has 3 rings (SSSR count). The average Bonchev–Trinajstić information content (AvgIpc) is 2.84. The minimum Gasteiger partial charge on any atom is -0.345 e. The zero-order chi connectivity index (χ0) is 12.4. The number of piperazine rings is 1. The van der Waals surface area contributed by atoms with Crippen LogP contribution < -0.4 is 4.90 Å². The van der Waals surface area contributed by atoms with Crippen molar-refractivity contribution in [2.24, 2.45) is 0 Å². The molecule has 92 valence electrons. The zero-order valence-electron chi connectivity index (χ0n) is 10.2. The molecule has 1 aliphatic heterocycles. The summed E-state index contributed by atoms with van der Waals surface area (Å²) in [5.41, 5.74) is 1.10. The van der Waals surface area contributed by atoms with E-state index in [1.165, 1.54) is 4.70 Å². The minimum atomic E-state index is 0.758. The van der Waals surface area contributed by atoms with Crippen LogP contribution in [0.25, 0.3) is 10.2 Å². The van der Waals surface area contributed by atoms with E-state index < -0.39 is 0 Å². The molecule has 1 fully saturated rings. The van der Waals surface area contributed by atoms with Crippen LogP contribution in [0.1, 0.15) is 0 Å². The Morgan fingerprint density at radius 1 is 1.22 bits per heavy atom. The molecular weight excluding hydrogens is 242 g/mol. The van der Waals surface area contributed by atoms with E-state index in [2.05, 4.69) is 33.9 Å². The number of nitrogens with zero attached hydrogens (tertiary/aromatic N) is 3. The number of para-hydroxylation sites is 1. The maximum absolute atomic E-state index is 5.34. The first-order chi connectivity index (χ1) is 8.86. The maximum Gasteiger partial charge on any atom is 0.186 e. The lowest BCUT2D eigenvalue weighted by atomic mass is 10.3. The van der Waals surface area contributed by atoms with Gasteiger partial charge < -0.3 is 4.90 Å². The van der Waals surface area contributed by atoms with Crippen molar-refractivity contribution in [1.29, 1.82) is 0 Å². The first kappa shape index (κ1) is 11.5. The summed E-state index contributed by atoms with van der Waals surface area (Å²) in [4.78, 5) is 9.36. The Morgan fingerprint density at radius 3 is 2.72 bits per heavy atom. The van der Waals surface area contributed by atoms with Gasteiger partial charge in [-0.3, -0.25) is 4.90 Å². The Kier molecular flexibility index (Phi) is 3.18. The highest BCUT2D eigenvalue weighted by Crippen LogP contribution is 2.28. The highest BCUT2D eigenvalue weighted by atomic mass is 32.1. The van der Waals surface area contributed by atoms with Gasteiger partial charge >= 0.3 is 0 Å². The predicted octanol–water partition coefficient (Wildman–Crippen LogP) is 2.05. The molecule has 3 nitrogen and oxygen atoms in total. The number of thiazole rings is 1. The molecular formula is C14H15N3S. The molecule has 1 aromatic heterocycles. The van der Waals surface area contributed by atoms with Crippen molar-refractivity contribution in [2.75, 3.05) is 37.6 Å². The van der Waals surface area contributed by atoms with E-state index in [9.17, 15) is 0 Å². The maximum atomic E-state index is 5.34. The van der Waals surface area contributed by atoms with Crippen molar-refractivity contribution in [3.8, 4) is 12.3 Å². The number of benzene rings is 1. The van der Waals surface area contributed by atoms with Gasteiger partial charge in [-0.05, 0) is 12.1 Å². The number of rotatable bonds is 2. The fraction of sp³-hybridized carbons (Fsp3) is 0.357. The van der Waals surface area contributed by atoms with Crippen LogP contribution in [0.15, 0.2) is 24.3 Å². The van der Waals surface area contributed by atoms with Gasteiger partial charge in [0.15, 0.2) is 5.13 Å². The van der Waals surface area contributed by atoms with Crippen molar-refractivity contribution >= 4 is 26.7 Å². The third-order valence-corrected chi connectivity index (χ3v) is 4.34. The second-order valence-corrected chi connectivity index (χ2v) is 5.44. The van der Waals surface area contributed by atoms with Gasteiger partial charge in [-0.15, -0.1) is 6.42 Å². The van der Waals surface area contributed by atoms with Crippen LogP contribution in [0.5, 0.6) is 0 Å². The molecule has 4 heteroatoms. The summed E-state index contributed by atoms with van der Waals surface area (Å²) in [6.45, 7) is 4.84. The third kappa shape index (κ3) is 2.20. The van der Waals surface area contributed by atoms with Crippen molar-refractivity contribution in [2.45, 2.75) is 0 Å². The number of fused-ring (bicyclic) bond motifs is 1. The second-order valence-electron chi connectivity index (χ2n) is 4.43. The number of aromatic nitrogens is 1. The topological polar surface area (TPSA) is 19.4 Å². The fourth-order valence-corrected chi connectivity index (χ4v) is 3.24. The third-order valence-electron chi connectivity index (χ3n) is 3.24. The van der Waals surface area contributed by atoms with Gasteiger partial charge in [0.2, 0.25) is 0 Å². The molecule has 0 unspecified atom stereocenters. The van der Waals surface area contributed by atoms with Gasteiger partial charge in [0.05, 0.1) is 16.8 Å². The van der Waals surface area contributed by atoms with Crippen LogP contribution in [-0.2, 0) is 0 Å². The summed E-state index contributed by atoms with van der Waals surface area (Å²) in [5.74, 6) is 2.71. The fourth-order valence-electron chi connectivity index (χ4n) is 2.22. The summed E-state index contributed by atoms with van der Waals surface area (Å²) in [7, 11) is 0. The molecule has 0 atom stereocenters. The van der Waals surface area contributed by atoms with Gasteiger partial charge in [0.25, 0.3) is 0 Å². The molecule has 0 aliphatic carbocycles. The Morgan fingerprint density at radius 2 is 2.00 bits per heavy atom. The molecule has 18 heavy (non-hydrogen) atoms. The van der Waals surface area contributed by atoms with E-state index >= 15 is 0 Å². The summed E-state index contributed by atoms with van der Waals surface area (Å²) < 4.78 is 1.26. The summed E-state index contributed by atoms with van der Waals surface area (Å²) in [5, 5.41) is 1.14. The smallest absolute Gasteiger partial charge is 0.186 e. The molecule has 1 aliphatic rings. The molecule has 0 spiro atoms. The van der Waals surface area contributed by atoms with Crippen LogP contribution in [0.4, 0.5) is 5.13 Å². The van der Waals surface area contributed by atoms with Gasteiger partial charge in [0.1, 0.15) is 0 Å². The van der Waals surface area contributed by atoms with Crippen LogP contribution in [-0.4, -0.2) is 42.6 Å². The van der Waals surface area contributed by atoms with Gasteiger partial charge in [-0.25, -0.2) is 4.98 Å². The molecule has 1 aromatic carbocycles. The lowest BCUT2D eigenvalue weighted by Gasteiger charge is -2.33. The molecule has 0 amide bonds. The van der Waals surface area contributed by atoms with Crippen molar-refractivity contribution in [3.05, 3.63) is 24.3 Å². The van der Waals surface area contributed by atoms with Crippen LogP contribution in [0.2, 0.25) is 0 Å². The van der Waals surface area contributed by atoms with Crippen molar-refractivity contribution < 1.29 is 0 Å².